The number of hydrogen-bond donors (Lipinski definition) is 2. The molecule has 74 valence electrons. The van der Waals surface area contributed by atoms with Gasteiger partial charge >= 0.3 is 0 Å². The predicted molar refractivity (Wildman–Crippen MR) is 54.0 cm³/mol. The van der Waals surface area contributed by atoms with Gasteiger partial charge in [-0.25, -0.2) is 13.6 Å². The molecule has 0 aromatic carbocycles. The van der Waals surface area contributed by atoms with E-state index in [0.717, 1.165) is 0 Å². The summed E-state index contributed by atoms with van der Waals surface area (Å²) in [6.07, 6.45) is 0. The fourth-order valence-electron chi connectivity index (χ4n) is 0.839. The zero-order valence-electron chi connectivity index (χ0n) is 7.06. The van der Waals surface area contributed by atoms with E-state index in [4.69, 9.17) is 5.14 Å². The van der Waals surface area contributed by atoms with E-state index in [0.29, 0.717) is 13.1 Å². The van der Waals surface area contributed by atoms with Gasteiger partial charge in [0.25, 0.3) is 0 Å². The second-order valence-electron chi connectivity index (χ2n) is 2.62. The van der Waals surface area contributed by atoms with Crippen molar-refractivity contribution in [3.63, 3.8) is 0 Å². The molecule has 0 spiro atoms. The molecule has 6 heteroatoms. The van der Waals surface area contributed by atoms with Crippen molar-refractivity contribution in [3.8, 4) is 0 Å². The molecular weight excluding hydrogens is 208 g/mol. The van der Waals surface area contributed by atoms with Crippen molar-refractivity contribution in [1.82, 2.24) is 5.32 Å². The zero-order chi connectivity index (χ0) is 9.73. The standard InChI is InChI=1S/C7H12N2O2S2/c8-13(10,11)5-3-9-6-7-2-1-4-12-7/h1-2,4,9H,3,5-6H2,(H2,8,10,11). The van der Waals surface area contributed by atoms with Gasteiger partial charge < -0.3 is 5.32 Å². The van der Waals surface area contributed by atoms with Gasteiger partial charge in [-0.1, -0.05) is 6.07 Å². The number of primary sulfonamides is 1. The van der Waals surface area contributed by atoms with Crippen LogP contribution in [0, 0.1) is 0 Å². The van der Waals surface area contributed by atoms with Crippen LogP contribution >= 0.6 is 11.3 Å². The van der Waals surface area contributed by atoms with E-state index in [9.17, 15) is 8.42 Å². The Morgan fingerprint density at radius 3 is 2.85 bits per heavy atom. The van der Waals surface area contributed by atoms with E-state index in [1.54, 1.807) is 11.3 Å². The molecule has 1 aromatic rings. The van der Waals surface area contributed by atoms with Crippen LogP contribution in [0.5, 0.6) is 0 Å². The zero-order valence-corrected chi connectivity index (χ0v) is 8.70. The van der Waals surface area contributed by atoms with Crippen LogP contribution in [0.3, 0.4) is 0 Å². The molecule has 3 N–H and O–H groups in total. The Labute approximate surface area is 81.8 Å². The van der Waals surface area contributed by atoms with Crippen LogP contribution < -0.4 is 10.5 Å². The van der Waals surface area contributed by atoms with Gasteiger partial charge in [-0.15, -0.1) is 11.3 Å². The summed E-state index contributed by atoms with van der Waals surface area (Å²) in [6.45, 7) is 1.10. The molecular formula is C7H12N2O2S2. The second kappa shape index (κ2) is 4.71. The Morgan fingerprint density at radius 2 is 2.31 bits per heavy atom. The smallest absolute Gasteiger partial charge is 0.210 e. The summed E-state index contributed by atoms with van der Waals surface area (Å²) in [6, 6.07) is 3.95. The number of nitrogens with one attached hydrogen (secondary N) is 1. The van der Waals surface area contributed by atoms with Crippen LogP contribution in [-0.2, 0) is 16.6 Å². The van der Waals surface area contributed by atoms with Crippen molar-refractivity contribution < 1.29 is 8.42 Å². The van der Waals surface area contributed by atoms with Gasteiger partial charge in [-0.05, 0) is 11.4 Å². The van der Waals surface area contributed by atoms with E-state index >= 15 is 0 Å². The second-order valence-corrected chi connectivity index (χ2v) is 5.39. The van der Waals surface area contributed by atoms with E-state index in [1.807, 2.05) is 17.5 Å². The molecule has 0 fully saturated rings. The minimum Gasteiger partial charge on any atom is -0.311 e. The van der Waals surface area contributed by atoms with Gasteiger partial charge in [0.1, 0.15) is 0 Å². The molecule has 13 heavy (non-hydrogen) atoms. The Balaban J connectivity index is 2.16. The third kappa shape index (κ3) is 4.99. The first-order chi connectivity index (χ1) is 6.08. The van der Waals surface area contributed by atoms with Crippen LogP contribution in [-0.4, -0.2) is 20.7 Å². The first kappa shape index (κ1) is 10.6. The van der Waals surface area contributed by atoms with Crippen LogP contribution in [0.4, 0.5) is 0 Å². The summed E-state index contributed by atoms with van der Waals surface area (Å²) in [7, 11) is -3.32. The number of rotatable bonds is 5. The molecule has 0 aliphatic heterocycles. The predicted octanol–water partition coefficient (Wildman–Crippen LogP) is 0.126. The first-order valence-electron chi connectivity index (χ1n) is 3.81. The molecule has 0 aliphatic rings. The van der Waals surface area contributed by atoms with Crippen molar-refractivity contribution in [2.75, 3.05) is 12.3 Å². The van der Waals surface area contributed by atoms with E-state index in [2.05, 4.69) is 5.32 Å². The van der Waals surface area contributed by atoms with E-state index in [1.165, 1.54) is 4.88 Å². The Bertz CT molecular complexity index is 331. The van der Waals surface area contributed by atoms with E-state index in [-0.39, 0.29) is 5.75 Å². The highest BCUT2D eigenvalue weighted by Gasteiger charge is 2.00. The summed E-state index contributed by atoms with van der Waals surface area (Å²) < 4.78 is 21.1. The molecule has 0 atom stereocenters. The molecule has 0 amide bonds. The third-order valence-corrected chi connectivity index (χ3v) is 3.09. The summed E-state index contributed by atoms with van der Waals surface area (Å²) in [5.41, 5.74) is 0. The van der Waals surface area contributed by atoms with Crippen LogP contribution in [0.15, 0.2) is 17.5 Å². The molecule has 0 unspecified atom stereocenters. The molecule has 0 aliphatic carbocycles. The third-order valence-electron chi connectivity index (χ3n) is 1.44. The summed E-state index contributed by atoms with van der Waals surface area (Å²) in [5.74, 6) is -0.0155. The van der Waals surface area contributed by atoms with Crippen LogP contribution in [0.25, 0.3) is 0 Å². The maximum absolute atomic E-state index is 10.5. The summed E-state index contributed by atoms with van der Waals surface area (Å²) in [4.78, 5) is 1.19. The summed E-state index contributed by atoms with van der Waals surface area (Å²) >= 11 is 1.64. The quantitative estimate of drug-likeness (QED) is 0.693. The number of thiophene rings is 1. The molecule has 0 bridgehead atoms. The van der Waals surface area contributed by atoms with Crippen LogP contribution in [0.2, 0.25) is 0 Å². The first-order valence-corrected chi connectivity index (χ1v) is 6.41. The Kier molecular flexibility index (Phi) is 3.86. The van der Waals surface area contributed by atoms with Gasteiger partial charge in [-0.3, -0.25) is 0 Å². The number of sulfonamides is 1. The fraction of sp³-hybridized carbons (Fsp3) is 0.429. The topological polar surface area (TPSA) is 72.2 Å². The molecule has 1 aromatic heterocycles. The molecule has 0 saturated carbocycles. The van der Waals surface area contributed by atoms with Gasteiger partial charge in [0.2, 0.25) is 10.0 Å². The van der Waals surface area contributed by atoms with Gasteiger partial charge in [0.15, 0.2) is 0 Å². The van der Waals surface area contributed by atoms with Gasteiger partial charge in [0, 0.05) is 18.0 Å². The van der Waals surface area contributed by atoms with Gasteiger partial charge in [0.05, 0.1) is 5.75 Å². The average Bonchev–Trinajstić information content (AvgIpc) is 2.48. The minimum atomic E-state index is -3.32. The maximum atomic E-state index is 10.5. The number of hydrogen-bond acceptors (Lipinski definition) is 4. The maximum Gasteiger partial charge on any atom is 0.210 e. The highest BCUT2D eigenvalue weighted by Crippen LogP contribution is 2.06. The van der Waals surface area contributed by atoms with Crippen molar-refractivity contribution in [2.24, 2.45) is 5.14 Å². The lowest BCUT2D eigenvalue weighted by Gasteiger charge is -2.00. The highest BCUT2D eigenvalue weighted by molar-refractivity contribution is 7.89. The van der Waals surface area contributed by atoms with Crippen molar-refractivity contribution in [3.05, 3.63) is 22.4 Å². The fourth-order valence-corrected chi connectivity index (χ4v) is 1.94. The highest BCUT2D eigenvalue weighted by atomic mass is 32.2. The van der Waals surface area contributed by atoms with Gasteiger partial charge in [-0.2, -0.15) is 0 Å². The van der Waals surface area contributed by atoms with Crippen LogP contribution in [0.1, 0.15) is 4.88 Å². The molecule has 0 saturated heterocycles. The Morgan fingerprint density at radius 1 is 1.54 bits per heavy atom. The lowest BCUT2D eigenvalue weighted by atomic mass is 10.4. The number of nitrogens with two attached hydrogens (primary N) is 1. The molecule has 1 heterocycles. The minimum absolute atomic E-state index is 0.0155. The monoisotopic (exact) mass is 220 g/mol. The molecule has 1 rings (SSSR count). The lowest BCUT2D eigenvalue weighted by molar-refractivity contribution is 0.592. The van der Waals surface area contributed by atoms with E-state index < -0.39 is 10.0 Å². The average molecular weight is 220 g/mol. The van der Waals surface area contributed by atoms with Crippen molar-refractivity contribution in [1.29, 1.82) is 0 Å². The largest absolute Gasteiger partial charge is 0.311 e. The molecule has 0 radical (unpaired) electrons. The Hall–Kier alpha value is -0.430. The SMILES string of the molecule is NS(=O)(=O)CCNCc1cccs1. The van der Waals surface area contributed by atoms with Crippen molar-refractivity contribution >= 4 is 21.4 Å². The lowest BCUT2D eigenvalue weighted by Crippen LogP contribution is -2.26. The normalized spacial score (nSPS) is 11.8. The van der Waals surface area contributed by atoms with Crippen molar-refractivity contribution in [2.45, 2.75) is 6.54 Å². The summed E-state index contributed by atoms with van der Waals surface area (Å²) in [5, 5.41) is 9.81. The molecule has 4 nitrogen and oxygen atoms in total.